The molecule has 0 spiro atoms. The van der Waals surface area contributed by atoms with E-state index in [1.54, 1.807) is 0 Å². The summed E-state index contributed by atoms with van der Waals surface area (Å²) in [6, 6.07) is 0. The van der Waals surface area contributed by atoms with Gasteiger partial charge in [0.25, 0.3) is 10.2 Å². The van der Waals surface area contributed by atoms with E-state index in [9.17, 15) is 8.42 Å². The van der Waals surface area contributed by atoms with Gasteiger partial charge in [-0.2, -0.15) is 12.7 Å². The van der Waals surface area contributed by atoms with Gasteiger partial charge in [0.05, 0.1) is 0 Å². The van der Waals surface area contributed by atoms with Crippen LogP contribution in [0.15, 0.2) is 0 Å². The Balaban J connectivity index is 4.05. The predicted octanol–water partition coefficient (Wildman–Crippen LogP) is 0.702. The van der Waals surface area contributed by atoms with Crippen molar-refractivity contribution in [3.8, 4) is 0 Å². The Morgan fingerprint density at radius 3 is 2.08 bits per heavy atom. The van der Waals surface area contributed by atoms with Crippen LogP contribution in [0.1, 0.15) is 33.1 Å². The van der Waals surface area contributed by atoms with Crippen molar-refractivity contribution in [2.24, 2.45) is 5.14 Å². The lowest BCUT2D eigenvalue weighted by Crippen LogP contribution is -2.37. The molecule has 4 nitrogen and oxygen atoms in total. The fourth-order valence-corrected chi connectivity index (χ4v) is 1.77. The molecule has 0 aromatic rings. The van der Waals surface area contributed by atoms with Crippen molar-refractivity contribution in [1.82, 2.24) is 4.31 Å². The summed E-state index contributed by atoms with van der Waals surface area (Å²) in [6.45, 7) is 5.03. The predicted molar refractivity (Wildman–Crippen MR) is 49.9 cm³/mol. The molecule has 0 aromatic carbocycles. The summed E-state index contributed by atoms with van der Waals surface area (Å²) >= 11 is 0. The SMILES string of the molecule is CCCCN(CCC)S(N)(=O)=O. The Hall–Kier alpha value is -0.130. The van der Waals surface area contributed by atoms with Gasteiger partial charge in [-0.15, -0.1) is 0 Å². The lowest BCUT2D eigenvalue weighted by atomic mass is 10.3. The Morgan fingerprint density at radius 1 is 1.17 bits per heavy atom. The van der Waals surface area contributed by atoms with Crippen molar-refractivity contribution in [3.63, 3.8) is 0 Å². The standard InChI is InChI=1S/C7H18N2O2S/c1-3-5-7-9(6-4-2)12(8,10)11/h3-7H2,1-2H3,(H2,8,10,11). The molecule has 74 valence electrons. The maximum absolute atomic E-state index is 10.9. The van der Waals surface area contributed by atoms with E-state index in [1.165, 1.54) is 4.31 Å². The van der Waals surface area contributed by atoms with Crippen molar-refractivity contribution >= 4 is 10.2 Å². The summed E-state index contributed by atoms with van der Waals surface area (Å²) in [5, 5.41) is 5.00. The Kier molecular flexibility index (Phi) is 5.44. The highest BCUT2D eigenvalue weighted by molar-refractivity contribution is 7.86. The van der Waals surface area contributed by atoms with Crippen molar-refractivity contribution in [2.75, 3.05) is 13.1 Å². The van der Waals surface area contributed by atoms with Crippen molar-refractivity contribution in [3.05, 3.63) is 0 Å². The minimum Gasteiger partial charge on any atom is -0.216 e. The van der Waals surface area contributed by atoms with Crippen LogP contribution in [0.2, 0.25) is 0 Å². The van der Waals surface area contributed by atoms with Crippen molar-refractivity contribution < 1.29 is 8.42 Å². The fourth-order valence-electron chi connectivity index (χ4n) is 0.950. The number of nitrogens with two attached hydrogens (primary N) is 1. The quantitative estimate of drug-likeness (QED) is 0.676. The average molecular weight is 194 g/mol. The zero-order valence-electron chi connectivity index (χ0n) is 7.78. The molecule has 0 atom stereocenters. The van der Waals surface area contributed by atoms with E-state index < -0.39 is 10.2 Å². The van der Waals surface area contributed by atoms with E-state index in [0.717, 1.165) is 19.3 Å². The highest BCUT2D eigenvalue weighted by Gasteiger charge is 2.14. The summed E-state index contributed by atoms with van der Waals surface area (Å²) in [5.74, 6) is 0. The molecule has 0 bridgehead atoms. The van der Waals surface area contributed by atoms with Gasteiger partial charge in [0, 0.05) is 13.1 Å². The third-order valence-corrected chi connectivity index (χ3v) is 2.68. The van der Waals surface area contributed by atoms with Crippen LogP contribution in [0.5, 0.6) is 0 Å². The summed E-state index contributed by atoms with van der Waals surface area (Å²) in [5.41, 5.74) is 0. The summed E-state index contributed by atoms with van der Waals surface area (Å²) in [6.07, 6.45) is 2.66. The summed E-state index contributed by atoms with van der Waals surface area (Å²) in [4.78, 5) is 0. The molecule has 12 heavy (non-hydrogen) atoms. The summed E-state index contributed by atoms with van der Waals surface area (Å²) < 4.78 is 23.2. The van der Waals surface area contributed by atoms with E-state index in [4.69, 9.17) is 5.14 Å². The molecule has 0 aliphatic rings. The van der Waals surface area contributed by atoms with E-state index in [0.29, 0.717) is 13.1 Å². The second-order valence-corrected chi connectivity index (χ2v) is 4.34. The zero-order chi connectivity index (χ0) is 9.61. The highest BCUT2D eigenvalue weighted by atomic mass is 32.2. The van der Waals surface area contributed by atoms with Gasteiger partial charge in [0.1, 0.15) is 0 Å². The molecular weight excluding hydrogens is 176 g/mol. The van der Waals surface area contributed by atoms with Gasteiger partial charge in [-0.05, 0) is 12.8 Å². The first-order chi connectivity index (χ1) is 5.52. The Morgan fingerprint density at radius 2 is 1.75 bits per heavy atom. The van der Waals surface area contributed by atoms with Crippen LogP contribution in [0.4, 0.5) is 0 Å². The van der Waals surface area contributed by atoms with Gasteiger partial charge in [-0.25, -0.2) is 5.14 Å². The second-order valence-electron chi connectivity index (χ2n) is 2.80. The molecule has 0 unspecified atom stereocenters. The first-order valence-corrected chi connectivity index (χ1v) is 5.80. The molecule has 0 radical (unpaired) electrons. The molecule has 0 aliphatic carbocycles. The van der Waals surface area contributed by atoms with Gasteiger partial charge >= 0.3 is 0 Å². The molecule has 5 heteroatoms. The van der Waals surface area contributed by atoms with E-state index >= 15 is 0 Å². The van der Waals surface area contributed by atoms with Crippen LogP contribution in [0.25, 0.3) is 0 Å². The molecular formula is C7H18N2O2S. The van der Waals surface area contributed by atoms with Gasteiger partial charge < -0.3 is 0 Å². The maximum atomic E-state index is 10.9. The lowest BCUT2D eigenvalue weighted by molar-refractivity contribution is 0.403. The second kappa shape index (κ2) is 5.50. The molecule has 0 rings (SSSR count). The van der Waals surface area contributed by atoms with Crippen molar-refractivity contribution in [2.45, 2.75) is 33.1 Å². The Bertz CT molecular complexity index is 201. The van der Waals surface area contributed by atoms with E-state index in [1.807, 2.05) is 13.8 Å². The molecule has 0 aliphatic heterocycles. The number of nitrogens with zero attached hydrogens (tertiary/aromatic N) is 1. The van der Waals surface area contributed by atoms with Gasteiger partial charge in [0.15, 0.2) is 0 Å². The summed E-state index contributed by atoms with van der Waals surface area (Å²) in [7, 11) is -3.47. The normalized spacial score (nSPS) is 12.3. The number of unbranched alkanes of at least 4 members (excludes halogenated alkanes) is 1. The third kappa shape index (κ3) is 4.69. The third-order valence-electron chi connectivity index (χ3n) is 1.59. The number of hydrogen-bond donors (Lipinski definition) is 1. The highest BCUT2D eigenvalue weighted by Crippen LogP contribution is 2.00. The first kappa shape index (κ1) is 11.9. The molecule has 0 saturated carbocycles. The van der Waals surface area contributed by atoms with E-state index in [-0.39, 0.29) is 0 Å². The monoisotopic (exact) mass is 194 g/mol. The molecule has 0 heterocycles. The minimum absolute atomic E-state index is 0.527. The molecule has 0 saturated heterocycles. The van der Waals surface area contributed by atoms with Crippen LogP contribution in [0, 0.1) is 0 Å². The largest absolute Gasteiger partial charge is 0.276 e. The van der Waals surface area contributed by atoms with Crippen LogP contribution in [-0.2, 0) is 10.2 Å². The number of hydrogen-bond acceptors (Lipinski definition) is 2. The number of rotatable bonds is 6. The topological polar surface area (TPSA) is 63.4 Å². The van der Waals surface area contributed by atoms with E-state index in [2.05, 4.69) is 0 Å². The minimum atomic E-state index is -3.47. The van der Waals surface area contributed by atoms with Crippen LogP contribution >= 0.6 is 0 Å². The molecule has 2 N–H and O–H groups in total. The van der Waals surface area contributed by atoms with Crippen LogP contribution in [-0.4, -0.2) is 25.8 Å². The molecule has 0 aromatic heterocycles. The Labute approximate surface area is 74.9 Å². The smallest absolute Gasteiger partial charge is 0.216 e. The first-order valence-electron chi connectivity index (χ1n) is 4.30. The maximum Gasteiger partial charge on any atom is 0.276 e. The lowest BCUT2D eigenvalue weighted by Gasteiger charge is -2.17. The van der Waals surface area contributed by atoms with Crippen molar-refractivity contribution in [1.29, 1.82) is 0 Å². The van der Waals surface area contributed by atoms with Gasteiger partial charge in [-0.3, -0.25) is 0 Å². The van der Waals surface area contributed by atoms with Crippen LogP contribution < -0.4 is 5.14 Å². The fraction of sp³-hybridized carbons (Fsp3) is 1.00. The average Bonchev–Trinajstić information content (AvgIpc) is 1.95. The molecule has 0 amide bonds. The van der Waals surface area contributed by atoms with Crippen LogP contribution in [0.3, 0.4) is 0 Å². The van der Waals surface area contributed by atoms with Gasteiger partial charge in [0.2, 0.25) is 0 Å². The molecule has 0 fully saturated rings. The van der Waals surface area contributed by atoms with Gasteiger partial charge in [-0.1, -0.05) is 20.3 Å². The zero-order valence-corrected chi connectivity index (χ0v) is 8.60.